The topological polar surface area (TPSA) is 106 Å². The molecule has 12 heteroatoms. The number of ether oxygens (including phenoxy) is 1. The van der Waals surface area contributed by atoms with E-state index in [-0.39, 0.29) is 5.97 Å². The van der Waals surface area contributed by atoms with Crippen molar-refractivity contribution in [2.45, 2.75) is 72.4 Å². The maximum Gasteiger partial charge on any atom is 0.354 e. The molecule has 0 radical (unpaired) electrons. The Labute approximate surface area is 266 Å². The molecule has 0 aliphatic carbocycles. The predicted octanol–water partition coefficient (Wildman–Crippen LogP) is 6.46. The zero-order valence-corrected chi connectivity index (χ0v) is 27.5. The molecule has 2 aliphatic heterocycles. The van der Waals surface area contributed by atoms with E-state index in [9.17, 15) is 14.7 Å². The van der Waals surface area contributed by atoms with E-state index in [0.717, 1.165) is 59.0 Å². The van der Waals surface area contributed by atoms with Crippen molar-refractivity contribution in [3.63, 3.8) is 0 Å². The lowest BCUT2D eigenvalue weighted by atomic mass is 10.1. The van der Waals surface area contributed by atoms with Gasteiger partial charge in [-0.1, -0.05) is 0 Å². The molecular formula is C32H42N6O4S2. The second-order valence-electron chi connectivity index (χ2n) is 11.4. The zero-order valence-electron chi connectivity index (χ0n) is 25.8. The molecular weight excluding hydrogens is 597 g/mol. The highest BCUT2D eigenvalue weighted by atomic mass is 32.1. The van der Waals surface area contributed by atoms with Gasteiger partial charge in [0.1, 0.15) is 11.4 Å². The summed E-state index contributed by atoms with van der Waals surface area (Å²) in [6, 6.07) is 3.57. The number of piperidine rings is 2. The molecule has 2 saturated heterocycles. The molecule has 0 bridgehead atoms. The molecule has 0 saturated carbocycles. The fourth-order valence-electron chi connectivity index (χ4n) is 5.68. The Morgan fingerprint density at radius 2 is 1.23 bits per heavy atom. The Kier molecular flexibility index (Phi) is 10.8. The number of thiazole rings is 2. The number of aryl methyl sites for hydroxylation is 2. The number of carboxylic acids is 1. The molecule has 4 aromatic heterocycles. The molecule has 6 rings (SSSR count). The van der Waals surface area contributed by atoms with Crippen LogP contribution < -0.4 is 9.80 Å². The van der Waals surface area contributed by atoms with Gasteiger partial charge in [-0.25, -0.2) is 19.6 Å². The monoisotopic (exact) mass is 638 g/mol. The van der Waals surface area contributed by atoms with Gasteiger partial charge in [-0.2, -0.15) is 0 Å². The summed E-state index contributed by atoms with van der Waals surface area (Å²) >= 11 is 3.34. The molecule has 0 atom stereocenters. The Morgan fingerprint density at radius 1 is 0.773 bits per heavy atom. The molecule has 1 N–H and O–H groups in total. The van der Waals surface area contributed by atoms with E-state index in [4.69, 9.17) is 9.72 Å². The minimum absolute atomic E-state index is 0.271. The third-order valence-corrected chi connectivity index (χ3v) is 9.67. The molecule has 10 nitrogen and oxygen atoms in total. The lowest BCUT2D eigenvalue weighted by Crippen LogP contribution is -2.29. The number of carbonyl (C=O) groups is 2. The Hall–Kier alpha value is -3.64. The fourth-order valence-corrected chi connectivity index (χ4v) is 7.42. The molecule has 0 unspecified atom stereocenters. The number of carbonyl (C=O) groups excluding carboxylic acids is 1. The average Bonchev–Trinajstić information content (AvgIpc) is 3.83. The first-order valence-corrected chi connectivity index (χ1v) is 17.2. The minimum Gasteiger partial charge on any atom is -0.477 e. The van der Waals surface area contributed by atoms with Gasteiger partial charge in [0.15, 0.2) is 10.3 Å². The number of hydrogen-bond donors (Lipinski definition) is 1. The highest BCUT2D eigenvalue weighted by molar-refractivity contribution is 7.14. The summed E-state index contributed by atoms with van der Waals surface area (Å²) < 4.78 is 8.82. The predicted molar refractivity (Wildman–Crippen MR) is 176 cm³/mol. The molecule has 6 heterocycles. The second-order valence-corrected chi connectivity index (χ2v) is 13.1. The van der Waals surface area contributed by atoms with Crippen molar-refractivity contribution in [2.24, 2.45) is 0 Å². The van der Waals surface area contributed by atoms with Gasteiger partial charge in [0.2, 0.25) is 0 Å². The summed E-state index contributed by atoms with van der Waals surface area (Å²) in [4.78, 5) is 37.4. The van der Waals surface area contributed by atoms with E-state index in [1.54, 1.807) is 33.3 Å². The molecule has 44 heavy (non-hydrogen) atoms. The van der Waals surface area contributed by atoms with Crippen LogP contribution in [0.1, 0.15) is 88.9 Å². The molecule has 2 fully saturated rings. The number of aromatic carboxylic acids is 1. The van der Waals surface area contributed by atoms with Crippen LogP contribution in [0.15, 0.2) is 35.3 Å². The quantitative estimate of drug-likeness (QED) is 0.208. The molecule has 0 spiro atoms. The Morgan fingerprint density at radius 3 is 1.68 bits per heavy atom. The Balaban J connectivity index is 0.000000175. The van der Waals surface area contributed by atoms with Crippen LogP contribution in [0.2, 0.25) is 0 Å². The van der Waals surface area contributed by atoms with Crippen molar-refractivity contribution < 1.29 is 19.4 Å². The first kappa shape index (κ1) is 31.8. The highest BCUT2D eigenvalue weighted by Crippen LogP contribution is 2.26. The van der Waals surface area contributed by atoms with Gasteiger partial charge in [-0.05, 0) is 82.6 Å². The summed E-state index contributed by atoms with van der Waals surface area (Å²) in [5.41, 5.74) is 4.85. The molecule has 236 valence electrons. The lowest BCUT2D eigenvalue weighted by Gasteiger charge is -2.25. The van der Waals surface area contributed by atoms with E-state index in [0.29, 0.717) is 31.1 Å². The van der Waals surface area contributed by atoms with Crippen molar-refractivity contribution in [2.75, 3.05) is 42.6 Å². The number of aromatic nitrogens is 4. The van der Waals surface area contributed by atoms with Crippen molar-refractivity contribution in [3.05, 3.63) is 69.2 Å². The smallest absolute Gasteiger partial charge is 0.354 e. The third kappa shape index (κ3) is 8.09. The van der Waals surface area contributed by atoms with Crippen LogP contribution in [0.5, 0.6) is 0 Å². The molecule has 4 aromatic rings. The van der Waals surface area contributed by atoms with E-state index >= 15 is 0 Å². The summed E-state index contributed by atoms with van der Waals surface area (Å²) in [5.74, 6) is -1.17. The second kappa shape index (κ2) is 14.9. The van der Waals surface area contributed by atoms with Crippen LogP contribution in [0.3, 0.4) is 0 Å². The first-order chi connectivity index (χ1) is 21.3. The average molecular weight is 639 g/mol. The van der Waals surface area contributed by atoms with Gasteiger partial charge < -0.3 is 28.8 Å². The zero-order chi connectivity index (χ0) is 31.1. The van der Waals surface area contributed by atoms with Gasteiger partial charge in [-0.3, -0.25) is 0 Å². The van der Waals surface area contributed by atoms with E-state index < -0.39 is 5.97 Å². The normalized spacial score (nSPS) is 15.2. The molecule has 2 aliphatic rings. The number of rotatable bonds is 9. The van der Waals surface area contributed by atoms with E-state index in [2.05, 4.69) is 20.2 Å². The van der Waals surface area contributed by atoms with Crippen LogP contribution in [0.25, 0.3) is 0 Å². The van der Waals surface area contributed by atoms with Crippen LogP contribution in [-0.2, 0) is 17.8 Å². The summed E-state index contributed by atoms with van der Waals surface area (Å²) in [6.07, 6.45) is 11.4. The number of anilines is 2. The number of nitrogens with zero attached hydrogens (tertiary/aromatic N) is 6. The van der Waals surface area contributed by atoms with Crippen molar-refractivity contribution >= 4 is 44.9 Å². The van der Waals surface area contributed by atoms with E-state index in [1.807, 2.05) is 49.2 Å². The van der Waals surface area contributed by atoms with Crippen LogP contribution in [0.4, 0.5) is 10.3 Å². The van der Waals surface area contributed by atoms with Crippen LogP contribution >= 0.6 is 22.7 Å². The minimum atomic E-state index is -0.894. The van der Waals surface area contributed by atoms with E-state index in [1.165, 1.54) is 38.5 Å². The highest BCUT2D eigenvalue weighted by Gasteiger charge is 2.18. The van der Waals surface area contributed by atoms with Gasteiger partial charge in [0, 0.05) is 49.3 Å². The van der Waals surface area contributed by atoms with Gasteiger partial charge in [0.05, 0.1) is 31.1 Å². The molecule has 0 amide bonds. The summed E-state index contributed by atoms with van der Waals surface area (Å²) in [7, 11) is 0. The van der Waals surface area contributed by atoms with Crippen LogP contribution in [-0.4, -0.2) is 68.9 Å². The van der Waals surface area contributed by atoms with Gasteiger partial charge in [0.25, 0.3) is 0 Å². The Bertz CT molecular complexity index is 1540. The number of carboxylic acid groups (broad SMARTS) is 1. The van der Waals surface area contributed by atoms with Crippen molar-refractivity contribution in [1.29, 1.82) is 0 Å². The summed E-state index contributed by atoms with van der Waals surface area (Å²) in [5, 5.41) is 15.5. The van der Waals surface area contributed by atoms with Gasteiger partial charge >= 0.3 is 11.9 Å². The standard InChI is InChI=1S/C17H23N3O2S.C15H19N3O2S/c1-3-22-16(21)15-9-13(2)10-20(15)11-14-12-23-17(18-14)19-7-5-4-6-8-19;1-11-7-13(14(19)20)18(8-11)9-12-10-21-15(16-12)17-5-3-2-4-6-17/h9-10,12H,3-8,11H2,1-2H3;7-8,10H,2-6,9H2,1H3,(H,19,20). The van der Waals surface area contributed by atoms with Crippen molar-refractivity contribution in [1.82, 2.24) is 19.1 Å². The fraction of sp³-hybridized carbons (Fsp3) is 0.500. The van der Waals surface area contributed by atoms with Crippen molar-refractivity contribution in [3.8, 4) is 0 Å². The SMILES string of the molecule is CCOC(=O)c1cc(C)cn1Cc1csc(N2CCCCC2)n1.Cc1cc(C(=O)O)n(Cc2csc(N3CCCCC3)n2)c1. The maximum absolute atomic E-state index is 12.1. The maximum atomic E-state index is 12.1. The number of hydrogen-bond acceptors (Lipinski definition) is 9. The third-order valence-electron chi connectivity index (χ3n) is 7.77. The lowest BCUT2D eigenvalue weighted by molar-refractivity contribution is 0.0513. The van der Waals surface area contributed by atoms with Crippen LogP contribution in [0, 0.1) is 13.8 Å². The largest absolute Gasteiger partial charge is 0.477 e. The number of esters is 1. The van der Waals surface area contributed by atoms with Gasteiger partial charge in [-0.15, -0.1) is 22.7 Å². The molecule has 0 aromatic carbocycles. The first-order valence-electron chi connectivity index (χ1n) is 15.4. The summed E-state index contributed by atoms with van der Waals surface area (Å²) in [6.45, 7) is 11.6.